The van der Waals surface area contributed by atoms with Gasteiger partial charge in [-0.3, -0.25) is 10.1 Å². The van der Waals surface area contributed by atoms with Gasteiger partial charge in [0.1, 0.15) is 0 Å². The second-order valence-corrected chi connectivity index (χ2v) is 4.53. The van der Waals surface area contributed by atoms with Crippen LogP contribution in [0.15, 0.2) is 42.5 Å². The zero-order valence-corrected chi connectivity index (χ0v) is 11.0. The third-order valence-corrected chi connectivity index (χ3v) is 3.10. The Bertz CT molecular complexity index is 628. The van der Waals surface area contributed by atoms with Crippen molar-refractivity contribution in [2.24, 2.45) is 0 Å². The van der Waals surface area contributed by atoms with Gasteiger partial charge in [-0.15, -0.1) is 0 Å². The Hall–Kier alpha value is -2.42. The lowest BCUT2D eigenvalue weighted by Gasteiger charge is -2.00. The van der Waals surface area contributed by atoms with Crippen molar-refractivity contribution in [2.45, 2.75) is 13.8 Å². The zero-order chi connectivity index (χ0) is 13.8. The Morgan fingerprint density at radius 3 is 2.05 bits per heavy atom. The molecule has 2 rings (SSSR count). The van der Waals surface area contributed by atoms with Gasteiger partial charge in [0, 0.05) is 12.1 Å². The summed E-state index contributed by atoms with van der Waals surface area (Å²) in [6.07, 6.45) is 3.96. The van der Waals surface area contributed by atoms with Gasteiger partial charge in [-0.05, 0) is 48.2 Å². The lowest BCUT2D eigenvalue weighted by atomic mass is 10.1. The monoisotopic (exact) mass is 253 g/mol. The zero-order valence-electron chi connectivity index (χ0n) is 11.0. The SMILES string of the molecule is Cc1ccc(C=Cc2ccc([N+](=O)[O-])cc2)cc1C. The van der Waals surface area contributed by atoms with Crippen molar-refractivity contribution in [3.63, 3.8) is 0 Å². The van der Waals surface area contributed by atoms with E-state index in [1.165, 1.54) is 23.3 Å². The predicted octanol–water partition coefficient (Wildman–Crippen LogP) is 4.38. The lowest BCUT2D eigenvalue weighted by molar-refractivity contribution is -0.384. The molecule has 0 spiro atoms. The van der Waals surface area contributed by atoms with Gasteiger partial charge in [0.2, 0.25) is 0 Å². The molecule has 0 aromatic heterocycles. The number of nitro groups is 1. The van der Waals surface area contributed by atoms with E-state index in [0.717, 1.165) is 11.1 Å². The van der Waals surface area contributed by atoms with Crippen LogP contribution in [0.2, 0.25) is 0 Å². The second-order valence-electron chi connectivity index (χ2n) is 4.53. The van der Waals surface area contributed by atoms with Gasteiger partial charge in [-0.2, -0.15) is 0 Å². The summed E-state index contributed by atoms with van der Waals surface area (Å²) in [5, 5.41) is 10.5. The predicted molar refractivity (Wildman–Crippen MR) is 77.9 cm³/mol. The standard InChI is InChI=1S/C16H15NO2/c1-12-3-4-15(11-13(12)2)6-5-14-7-9-16(10-8-14)17(18)19/h3-11H,1-2H3. The van der Waals surface area contributed by atoms with Crippen molar-refractivity contribution in [2.75, 3.05) is 0 Å². The molecule has 3 nitrogen and oxygen atoms in total. The maximum Gasteiger partial charge on any atom is 0.269 e. The Kier molecular flexibility index (Phi) is 3.76. The highest BCUT2D eigenvalue weighted by Crippen LogP contribution is 2.15. The number of benzene rings is 2. The maximum atomic E-state index is 10.5. The highest BCUT2D eigenvalue weighted by molar-refractivity contribution is 5.70. The number of aryl methyl sites for hydroxylation is 2. The molecule has 0 bridgehead atoms. The number of hydrogen-bond donors (Lipinski definition) is 0. The molecule has 19 heavy (non-hydrogen) atoms. The summed E-state index contributed by atoms with van der Waals surface area (Å²) in [5.74, 6) is 0. The number of nitro benzene ring substituents is 1. The van der Waals surface area contributed by atoms with Gasteiger partial charge in [0.15, 0.2) is 0 Å². The van der Waals surface area contributed by atoms with Crippen LogP contribution in [0.5, 0.6) is 0 Å². The van der Waals surface area contributed by atoms with Crippen LogP contribution in [0.1, 0.15) is 22.3 Å². The molecule has 0 aliphatic heterocycles. The average molecular weight is 253 g/mol. The largest absolute Gasteiger partial charge is 0.269 e. The van der Waals surface area contributed by atoms with Gasteiger partial charge < -0.3 is 0 Å². The normalized spacial score (nSPS) is 10.8. The Labute approximate surface area is 112 Å². The van der Waals surface area contributed by atoms with E-state index in [9.17, 15) is 10.1 Å². The van der Waals surface area contributed by atoms with Gasteiger partial charge in [-0.1, -0.05) is 30.4 Å². The smallest absolute Gasteiger partial charge is 0.258 e. The molecule has 3 heteroatoms. The van der Waals surface area contributed by atoms with Crippen LogP contribution in [-0.4, -0.2) is 4.92 Å². The third-order valence-electron chi connectivity index (χ3n) is 3.10. The molecular formula is C16H15NO2. The van der Waals surface area contributed by atoms with Gasteiger partial charge in [0.25, 0.3) is 5.69 Å². The first kappa shape index (κ1) is 13.0. The molecule has 0 saturated heterocycles. The van der Waals surface area contributed by atoms with Crippen molar-refractivity contribution in [1.82, 2.24) is 0 Å². The fourth-order valence-electron chi connectivity index (χ4n) is 1.77. The van der Waals surface area contributed by atoms with E-state index in [4.69, 9.17) is 0 Å². The minimum absolute atomic E-state index is 0.114. The van der Waals surface area contributed by atoms with Crippen LogP contribution in [0.25, 0.3) is 12.2 Å². The number of hydrogen-bond acceptors (Lipinski definition) is 2. The minimum atomic E-state index is -0.392. The second kappa shape index (κ2) is 5.48. The van der Waals surface area contributed by atoms with Crippen molar-refractivity contribution < 1.29 is 4.92 Å². The molecule has 0 N–H and O–H groups in total. The molecule has 0 radical (unpaired) electrons. The number of rotatable bonds is 3. The molecule has 0 unspecified atom stereocenters. The van der Waals surface area contributed by atoms with E-state index < -0.39 is 4.92 Å². The summed E-state index contributed by atoms with van der Waals surface area (Å²) in [5.41, 5.74) is 4.71. The first-order chi connectivity index (χ1) is 9.06. The number of non-ortho nitro benzene ring substituents is 1. The molecule has 0 atom stereocenters. The van der Waals surface area contributed by atoms with E-state index in [1.54, 1.807) is 12.1 Å². The van der Waals surface area contributed by atoms with Crippen LogP contribution >= 0.6 is 0 Å². The van der Waals surface area contributed by atoms with E-state index in [2.05, 4.69) is 32.0 Å². The third kappa shape index (κ3) is 3.28. The first-order valence-corrected chi connectivity index (χ1v) is 6.06. The Morgan fingerprint density at radius 2 is 1.47 bits per heavy atom. The fourth-order valence-corrected chi connectivity index (χ4v) is 1.77. The summed E-state index contributed by atoms with van der Waals surface area (Å²) < 4.78 is 0. The maximum absolute atomic E-state index is 10.5. The van der Waals surface area contributed by atoms with Crippen molar-refractivity contribution in [3.05, 3.63) is 74.8 Å². The Balaban J connectivity index is 2.17. The molecule has 2 aromatic rings. The van der Waals surface area contributed by atoms with E-state index in [-0.39, 0.29) is 5.69 Å². The highest BCUT2D eigenvalue weighted by atomic mass is 16.6. The molecule has 96 valence electrons. The summed E-state index contributed by atoms with van der Waals surface area (Å²) in [4.78, 5) is 10.2. The molecule has 0 aliphatic rings. The first-order valence-electron chi connectivity index (χ1n) is 6.06. The topological polar surface area (TPSA) is 43.1 Å². The fraction of sp³-hybridized carbons (Fsp3) is 0.125. The van der Waals surface area contributed by atoms with Gasteiger partial charge >= 0.3 is 0 Å². The van der Waals surface area contributed by atoms with Crippen LogP contribution < -0.4 is 0 Å². The van der Waals surface area contributed by atoms with Crippen LogP contribution in [0, 0.1) is 24.0 Å². The van der Waals surface area contributed by atoms with E-state index >= 15 is 0 Å². The van der Waals surface area contributed by atoms with Gasteiger partial charge in [0.05, 0.1) is 4.92 Å². The Morgan fingerprint density at radius 1 is 0.895 bits per heavy atom. The molecule has 0 saturated carbocycles. The molecule has 0 fully saturated rings. The summed E-state index contributed by atoms with van der Waals surface area (Å²) in [6, 6.07) is 12.8. The van der Waals surface area contributed by atoms with Crippen LogP contribution in [0.4, 0.5) is 5.69 Å². The van der Waals surface area contributed by atoms with Crippen LogP contribution in [0.3, 0.4) is 0 Å². The molecular weight excluding hydrogens is 238 g/mol. The molecule has 2 aromatic carbocycles. The molecule has 0 aliphatic carbocycles. The van der Waals surface area contributed by atoms with E-state index in [1.807, 2.05) is 12.2 Å². The van der Waals surface area contributed by atoms with Crippen LogP contribution in [-0.2, 0) is 0 Å². The average Bonchev–Trinajstić information content (AvgIpc) is 2.40. The lowest BCUT2D eigenvalue weighted by Crippen LogP contribution is -1.86. The summed E-state index contributed by atoms with van der Waals surface area (Å²) in [7, 11) is 0. The summed E-state index contributed by atoms with van der Waals surface area (Å²) >= 11 is 0. The van der Waals surface area contributed by atoms with Crippen molar-refractivity contribution in [1.29, 1.82) is 0 Å². The quantitative estimate of drug-likeness (QED) is 0.462. The van der Waals surface area contributed by atoms with Crippen molar-refractivity contribution in [3.8, 4) is 0 Å². The van der Waals surface area contributed by atoms with Crippen molar-refractivity contribution >= 4 is 17.8 Å². The van der Waals surface area contributed by atoms with Gasteiger partial charge in [-0.25, -0.2) is 0 Å². The minimum Gasteiger partial charge on any atom is -0.258 e. The highest BCUT2D eigenvalue weighted by Gasteiger charge is 2.02. The number of nitrogens with zero attached hydrogens (tertiary/aromatic N) is 1. The molecule has 0 amide bonds. The molecule has 0 heterocycles. The van der Waals surface area contributed by atoms with E-state index in [0.29, 0.717) is 0 Å². The summed E-state index contributed by atoms with van der Waals surface area (Å²) in [6.45, 7) is 4.16.